The van der Waals surface area contributed by atoms with Crippen molar-refractivity contribution in [2.75, 3.05) is 0 Å². The Bertz CT molecular complexity index is 50.5. The van der Waals surface area contributed by atoms with Crippen LogP contribution in [-0.2, 0) is 18.3 Å². The third-order valence-electron chi connectivity index (χ3n) is 1.88. The summed E-state index contributed by atoms with van der Waals surface area (Å²) >= 11 is 1.52. The van der Waals surface area contributed by atoms with Crippen molar-refractivity contribution in [3.63, 3.8) is 0 Å². The Morgan fingerprint density at radius 2 is 1.75 bits per heavy atom. The van der Waals surface area contributed by atoms with Crippen molar-refractivity contribution >= 4 is 12.4 Å². The van der Waals surface area contributed by atoms with Crippen LogP contribution in [0.4, 0.5) is 0 Å². The minimum absolute atomic E-state index is 0. The van der Waals surface area contributed by atoms with E-state index < -0.39 is 0 Å². The molecule has 0 bridgehead atoms. The molecule has 0 nitrogen and oxygen atoms in total. The zero-order chi connectivity index (χ0) is 5.11. The molecule has 0 heterocycles. The fraction of sp³-hybridized carbons (Fsp3) is 1.00. The predicted octanol–water partition coefficient (Wildman–Crippen LogP) is 2.56. The van der Waals surface area contributed by atoms with Gasteiger partial charge in [-0.15, -0.1) is 12.4 Å². The van der Waals surface area contributed by atoms with Crippen LogP contribution in [0.25, 0.3) is 0 Å². The quantitative estimate of drug-likeness (QED) is 0.550. The minimum atomic E-state index is 0. The molecule has 0 aromatic heterocycles. The first-order valence-electron chi connectivity index (χ1n) is 3.22. The Morgan fingerprint density at radius 3 is 2.00 bits per heavy atom. The van der Waals surface area contributed by atoms with E-state index in [-0.39, 0.29) is 12.4 Å². The second kappa shape index (κ2) is 4.76. The van der Waals surface area contributed by atoms with Crippen molar-refractivity contribution in [1.82, 2.24) is 0 Å². The number of hydrogen-bond donors (Lipinski definition) is 0. The Hall–Kier alpha value is 0.913. The Balaban J connectivity index is 0.000000490. The summed E-state index contributed by atoms with van der Waals surface area (Å²) in [4.78, 5) is 0. The molecule has 0 amide bonds. The van der Waals surface area contributed by atoms with Crippen molar-refractivity contribution in [3.8, 4) is 0 Å². The van der Waals surface area contributed by atoms with Crippen molar-refractivity contribution in [1.29, 1.82) is 0 Å². The molecule has 8 heavy (non-hydrogen) atoms. The van der Waals surface area contributed by atoms with Gasteiger partial charge in [-0.3, -0.25) is 0 Å². The van der Waals surface area contributed by atoms with Crippen molar-refractivity contribution in [3.05, 3.63) is 0 Å². The molecule has 1 fully saturated rings. The second-order valence-corrected chi connectivity index (χ2v) is 3.65. The average molecular weight is 185 g/mol. The molecule has 1 saturated carbocycles. The van der Waals surface area contributed by atoms with Crippen LogP contribution in [-0.4, -0.2) is 0 Å². The number of rotatable bonds is 1. The molecule has 1 rings (SSSR count). The molecule has 2 heteroatoms. The fourth-order valence-electron chi connectivity index (χ4n) is 1.30. The molecular weight excluding hydrogens is 173 g/mol. The van der Waals surface area contributed by atoms with Gasteiger partial charge in [0.15, 0.2) is 0 Å². The van der Waals surface area contributed by atoms with Gasteiger partial charge in [0.1, 0.15) is 0 Å². The van der Waals surface area contributed by atoms with E-state index in [1.165, 1.54) is 31.1 Å². The van der Waals surface area contributed by atoms with Crippen molar-refractivity contribution in [2.45, 2.75) is 30.7 Å². The van der Waals surface area contributed by atoms with Crippen molar-refractivity contribution < 1.29 is 18.3 Å². The van der Waals surface area contributed by atoms with Gasteiger partial charge in [-0.25, -0.2) is 0 Å². The molecule has 45 valence electrons. The van der Waals surface area contributed by atoms with Gasteiger partial charge in [0.25, 0.3) is 0 Å². The van der Waals surface area contributed by atoms with Crippen molar-refractivity contribution in [2.24, 2.45) is 5.92 Å². The number of halogens is 1. The van der Waals surface area contributed by atoms with E-state index in [0.717, 1.165) is 5.92 Å². The van der Waals surface area contributed by atoms with E-state index in [4.69, 9.17) is 0 Å². The third-order valence-corrected chi connectivity index (χ3v) is 3.60. The second-order valence-electron chi connectivity index (χ2n) is 2.44. The van der Waals surface area contributed by atoms with Gasteiger partial charge >= 0.3 is 54.9 Å². The molecule has 0 N–H and O–H groups in total. The van der Waals surface area contributed by atoms with Crippen LogP contribution in [0.2, 0.25) is 5.02 Å². The van der Waals surface area contributed by atoms with Crippen LogP contribution in [0, 0.1) is 5.92 Å². The van der Waals surface area contributed by atoms with Gasteiger partial charge in [-0.05, 0) is 0 Å². The first-order chi connectivity index (χ1) is 3.43. The average Bonchev–Trinajstić information content (AvgIpc) is 2.14. The molecule has 0 radical (unpaired) electrons. The van der Waals surface area contributed by atoms with Crippen LogP contribution in [0.1, 0.15) is 25.7 Å². The summed E-state index contributed by atoms with van der Waals surface area (Å²) in [6, 6.07) is 0. The summed E-state index contributed by atoms with van der Waals surface area (Å²) in [5, 5.41) is 1.54. The zero-order valence-electron chi connectivity index (χ0n) is 5.23. The standard InChI is InChI=1S/C6H11.ClH.Zn/c1-6-4-2-3-5-6;;/h6H,1-5H2;1H;. The van der Waals surface area contributed by atoms with Crippen LogP contribution in [0.3, 0.4) is 0 Å². The molecule has 0 spiro atoms. The Labute approximate surface area is 67.5 Å². The van der Waals surface area contributed by atoms with Gasteiger partial charge in [0.2, 0.25) is 0 Å². The van der Waals surface area contributed by atoms with Gasteiger partial charge in [-0.2, -0.15) is 0 Å². The van der Waals surface area contributed by atoms with Gasteiger partial charge in [0, 0.05) is 0 Å². The van der Waals surface area contributed by atoms with Crippen LogP contribution < -0.4 is 0 Å². The monoisotopic (exact) mass is 183 g/mol. The van der Waals surface area contributed by atoms with Gasteiger partial charge < -0.3 is 0 Å². The molecule has 0 unspecified atom stereocenters. The molecule has 1 aliphatic carbocycles. The molecular formula is C6H12ClZn. The normalized spacial score (nSPS) is 20.8. The SMILES string of the molecule is Cl.[Zn][CH2]C1CCCC1. The molecule has 0 aliphatic heterocycles. The molecule has 1 aliphatic rings. The first-order valence-corrected chi connectivity index (χ1v) is 5.32. The van der Waals surface area contributed by atoms with Gasteiger partial charge in [-0.1, -0.05) is 0 Å². The maximum absolute atomic E-state index is 1.54. The van der Waals surface area contributed by atoms with E-state index >= 15 is 0 Å². The van der Waals surface area contributed by atoms with E-state index in [2.05, 4.69) is 0 Å². The van der Waals surface area contributed by atoms with Gasteiger partial charge in [0.05, 0.1) is 0 Å². The molecule has 0 aromatic rings. The molecule has 0 aromatic carbocycles. The summed E-state index contributed by atoms with van der Waals surface area (Å²) in [5.41, 5.74) is 0. The summed E-state index contributed by atoms with van der Waals surface area (Å²) in [7, 11) is 0. The van der Waals surface area contributed by atoms with E-state index in [0.29, 0.717) is 0 Å². The topological polar surface area (TPSA) is 0 Å². The number of hydrogen-bond acceptors (Lipinski definition) is 0. The van der Waals surface area contributed by atoms with E-state index in [1.807, 2.05) is 0 Å². The van der Waals surface area contributed by atoms with E-state index in [9.17, 15) is 0 Å². The van der Waals surface area contributed by atoms with Crippen LogP contribution in [0.15, 0.2) is 0 Å². The summed E-state index contributed by atoms with van der Waals surface area (Å²) in [6.07, 6.45) is 6.12. The Morgan fingerprint density at radius 1 is 1.25 bits per heavy atom. The zero-order valence-corrected chi connectivity index (χ0v) is 9.01. The van der Waals surface area contributed by atoms with Crippen LogP contribution >= 0.6 is 12.4 Å². The molecule has 0 atom stereocenters. The molecule has 0 saturated heterocycles. The maximum atomic E-state index is 1.54. The van der Waals surface area contributed by atoms with Crippen LogP contribution in [0.5, 0.6) is 0 Å². The predicted molar refractivity (Wildman–Crippen MR) is 34.0 cm³/mol. The fourth-order valence-corrected chi connectivity index (χ4v) is 2.51. The summed E-state index contributed by atoms with van der Waals surface area (Å²) < 4.78 is 0. The van der Waals surface area contributed by atoms with E-state index in [1.54, 1.807) is 17.9 Å². The third kappa shape index (κ3) is 2.46. The Kier molecular flexibility index (Phi) is 5.30. The summed E-state index contributed by atoms with van der Waals surface area (Å²) in [6.45, 7) is 0. The first kappa shape index (κ1) is 8.91. The summed E-state index contributed by atoms with van der Waals surface area (Å²) in [5.74, 6) is 1.15.